The van der Waals surface area contributed by atoms with Gasteiger partial charge in [-0.05, 0) is 36.6 Å². The maximum absolute atomic E-state index is 10.8. The highest BCUT2D eigenvalue weighted by Crippen LogP contribution is 2.17. The van der Waals surface area contributed by atoms with Crippen molar-refractivity contribution in [2.75, 3.05) is 0 Å². The van der Waals surface area contributed by atoms with E-state index in [4.69, 9.17) is 5.73 Å². The number of aryl methyl sites for hydroxylation is 1. The average molecular weight is 223 g/mol. The lowest BCUT2D eigenvalue weighted by Gasteiger charge is -2.06. The third-order valence-electron chi connectivity index (χ3n) is 2.16. The van der Waals surface area contributed by atoms with E-state index >= 15 is 0 Å². The van der Waals surface area contributed by atoms with Crippen LogP contribution in [-0.4, -0.2) is 10.9 Å². The second-order valence-corrected chi connectivity index (χ2v) is 3.36. The zero-order chi connectivity index (χ0) is 12.6. The summed E-state index contributed by atoms with van der Waals surface area (Å²) in [7, 11) is 0. The molecule has 0 aliphatic heterocycles. The molecule has 90 valence electrons. The molecule has 0 fully saturated rings. The van der Waals surface area contributed by atoms with Crippen LogP contribution < -0.4 is 5.73 Å². The number of rotatable bonds is 4. The first-order valence-corrected chi connectivity index (χ1v) is 5.63. The van der Waals surface area contributed by atoms with Crippen molar-refractivity contribution < 1.29 is 9.90 Å². The fraction of sp³-hybridized carbons (Fsp3) is 0.462. The number of benzene rings is 1. The predicted molar refractivity (Wildman–Crippen MR) is 66.3 cm³/mol. The Labute approximate surface area is 97.3 Å². The van der Waals surface area contributed by atoms with Crippen LogP contribution in [0.15, 0.2) is 18.2 Å². The summed E-state index contributed by atoms with van der Waals surface area (Å²) in [4.78, 5) is 10.8. The van der Waals surface area contributed by atoms with Gasteiger partial charge in [-0.2, -0.15) is 0 Å². The molecule has 0 atom stereocenters. The first-order chi connectivity index (χ1) is 7.63. The minimum absolute atomic E-state index is 0.168. The molecule has 1 rings (SSSR count). The zero-order valence-electron chi connectivity index (χ0n) is 10.3. The Morgan fingerprint density at radius 3 is 2.44 bits per heavy atom. The van der Waals surface area contributed by atoms with Crippen molar-refractivity contribution in [1.82, 2.24) is 0 Å². The van der Waals surface area contributed by atoms with E-state index in [1.807, 2.05) is 19.9 Å². The van der Waals surface area contributed by atoms with E-state index in [1.165, 1.54) is 0 Å². The third-order valence-corrected chi connectivity index (χ3v) is 2.16. The van der Waals surface area contributed by atoms with Gasteiger partial charge in [0.2, 0.25) is 0 Å². The van der Waals surface area contributed by atoms with Gasteiger partial charge >= 0.3 is 0 Å². The molecular weight excluding hydrogens is 202 g/mol. The summed E-state index contributed by atoms with van der Waals surface area (Å²) in [5, 5.41) is 9.22. The van der Waals surface area contributed by atoms with Crippen LogP contribution in [-0.2, 0) is 17.8 Å². The van der Waals surface area contributed by atoms with E-state index in [2.05, 4.69) is 0 Å². The molecule has 0 heterocycles. The van der Waals surface area contributed by atoms with Crippen molar-refractivity contribution >= 4 is 5.78 Å². The molecule has 0 aliphatic rings. The minimum atomic E-state index is 0.168. The molecule has 0 amide bonds. The Balaban J connectivity index is 0.00000106. The molecule has 0 saturated heterocycles. The summed E-state index contributed by atoms with van der Waals surface area (Å²) in [5.74, 6) is 0.387. The van der Waals surface area contributed by atoms with E-state index in [0.29, 0.717) is 19.4 Å². The third kappa shape index (κ3) is 4.94. The summed E-state index contributed by atoms with van der Waals surface area (Å²) in [6.07, 6.45) is 1.22. The normalized spacial score (nSPS) is 9.25. The summed E-state index contributed by atoms with van der Waals surface area (Å²) in [6, 6.07) is 5.09. The van der Waals surface area contributed by atoms with E-state index < -0.39 is 0 Å². The molecular formula is C13H21NO2. The van der Waals surface area contributed by atoms with E-state index in [1.54, 1.807) is 19.1 Å². The van der Waals surface area contributed by atoms with Crippen molar-refractivity contribution in [1.29, 1.82) is 0 Å². The summed E-state index contributed by atoms with van der Waals surface area (Å²) < 4.78 is 0. The highest BCUT2D eigenvalue weighted by Gasteiger charge is 2.03. The summed E-state index contributed by atoms with van der Waals surface area (Å²) >= 11 is 0. The van der Waals surface area contributed by atoms with Crippen LogP contribution in [0.2, 0.25) is 0 Å². The van der Waals surface area contributed by atoms with Gasteiger partial charge in [0.25, 0.3) is 0 Å². The highest BCUT2D eigenvalue weighted by molar-refractivity contribution is 5.75. The lowest BCUT2D eigenvalue weighted by Crippen LogP contribution is -2.03. The number of Topliss-reactive ketones (excluding diaryl/α,β-unsaturated/α-hetero) is 1. The molecule has 0 bridgehead atoms. The molecule has 3 nitrogen and oxygen atoms in total. The number of carbonyl (C=O) groups is 1. The number of nitrogens with two attached hydrogens (primary N) is 1. The number of hydrogen-bond donors (Lipinski definition) is 2. The number of hydrogen-bond acceptors (Lipinski definition) is 3. The molecule has 0 radical (unpaired) electrons. The van der Waals surface area contributed by atoms with Gasteiger partial charge in [-0.15, -0.1) is 0 Å². The lowest BCUT2D eigenvalue weighted by atomic mass is 10.0. The Morgan fingerprint density at radius 2 is 1.94 bits per heavy atom. The molecule has 0 aliphatic carbocycles. The van der Waals surface area contributed by atoms with Crippen molar-refractivity contribution in [2.24, 2.45) is 5.73 Å². The molecule has 0 spiro atoms. The topological polar surface area (TPSA) is 63.3 Å². The van der Waals surface area contributed by atoms with Crippen LogP contribution in [0, 0.1) is 0 Å². The van der Waals surface area contributed by atoms with Gasteiger partial charge in [-0.25, -0.2) is 0 Å². The molecule has 0 unspecified atom stereocenters. The lowest BCUT2D eigenvalue weighted by molar-refractivity contribution is -0.116. The smallest absolute Gasteiger partial charge is 0.130 e. The number of aromatic hydroxyl groups is 1. The number of phenols is 1. The minimum Gasteiger partial charge on any atom is -0.508 e. The van der Waals surface area contributed by atoms with Crippen LogP contribution in [0.4, 0.5) is 0 Å². The predicted octanol–water partition coefficient (Wildman–Crippen LogP) is 2.40. The van der Waals surface area contributed by atoms with Crippen molar-refractivity contribution in [2.45, 2.75) is 40.2 Å². The van der Waals surface area contributed by atoms with Gasteiger partial charge in [0.1, 0.15) is 11.5 Å². The molecule has 3 heteroatoms. The molecule has 0 saturated carbocycles. The standard InChI is InChI=1S/C11H15NO2.C2H6/c1-8(13)2-3-9-4-5-11(14)6-10(9)7-12;1-2/h4-6,14H,2-3,7,12H2,1H3;1-2H3. The molecule has 1 aromatic rings. The van der Waals surface area contributed by atoms with E-state index in [0.717, 1.165) is 11.1 Å². The van der Waals surface area contributed by atoms with Crippen molar-refractivity contribution in [3.8, 4) is 5.75 Å². The van der Waals surface area contributed by atoms with Gasteiger partial charge in [0.05, 0.1) is 0 Å². The van der Waals surface area contributed by atoms with Gasteiger partial charge < -0.3 is 15.6 Å². The average Bonchev–Trinajstić information content (AvgIpc) is 2.29. The second kappa shape index (κ2) is 7.88. The Kier molecular flexibility index (Phi) is 7.21. The van der Waals surface area contributed by atoms with Crippen LogP contribution in [0.3, 0.4) is 0 Å². The fourth-order valence-electron chi connectivity index (χ4n) is 1.36. The Morgan fingerprint density at radius 1 is 1.31 bits per heavy atom. The fourth-order valence-corrected chi connectivity index (χ4v) is 1.36. The van der Waals surface area contributed by atoms with Crippen LogP contribution in [0.5, 0.6) is 5.75 Å². The largest absolute Gasteiger partial charge is 0.508 e. The number of phenolic OH excluding ortho intramolecular Hbond substituents is 1. The highest BCUT2D eigenvalue weighted by atomic mass is 16.3. The van der Waals surface area contributed by atoms with Gasteiger partial charge in [0, 0.05) is 13.0 Å². The maximum atomic E-state index is 10.8. The van der Waals surface area contributed by atoms with E-state index in [9.17, 15) is 9.90 Å². The van der Waals surface area contributed by atoms with Crippen LogP contribution >= 0.6 is 0 Å². The van der Waals surface area contributed by atoms with Gasteiger partial charge in [-0.1, -0.05) is 19.9 Å². The number of ketones is 1. The monoisotopic (exact) mass is 223 g/mol. The van der Waals surface area contributed by atoms with Gasteiger partial charge in [0.15, 0.2) is 0 Å². The maximum Gasteiger partial charge on any atom is 0.130 e. The Bertz CT molecular complexity index is 335. The molecule has 0 aromatic heterocycles. The van der Waals surface area contributed by atoms with Crippen molar-refractivity contribution in [3.63, 3.8) is 0 Å². The van der Waals surface area contributed by atoms with Crippen molar-refractivity contribution in [3.05, 3.63) is 29.3 Å². The Hall–Kier alpha value is -1.35. The summed E-state index contributed by atoms with van der Waals surface area (Å²) in [6.45, 7) is 5.96. The zero-order valence-corrected chi connectivity index (χ0v) is 10.3. The quantitative estimate of drug-likeness (QED) is 0.823. The summed E-state index contributed by atoms with van der Waals surface area (Å²) in [5.41, 5.74) is 7.48. The first kappa shape index (κ1) is 14.6. The number of carbonyl (C=O) groups excluding carboxylic acids is 1. The molecule has 3 N–H and O–H groups in total. The van der Waals surface area contributed by atoms with Gasteiger partial charge in [-0.3, -0.25) is 0 Å². The first-order valence-electron chi connectivity index (χ1n) is 5.63. The molecule has 1 aromatic carbocycles. The molecule has 16 heavy (non-hydrogen) atoms. The van der Waals surface area contributed by atoms with Crippen LogP contribution in [0.1, 0.15) is 38.3 Å². The second-order valence-electron chi connectivity index (χ2n) is 3.36. The van der Waals surface area contributed by atoms with Crippen LogP contribution in [0.25, 0.3) is 0 Å². The SMILES string of the molecule is CC.CC(=O)CCc1ccc(O)cc1CN. The van der Waals surface area contributed by atoms with E-state index in [-0.39, 0.29) is 11.5 Å².